The Kier molecular flexibility index (Phi) is 4.10. The number of hydrogen-bond acceptors (Lipinski definition) is 1. The summed E-state index contributed by atoms with van der Waals surface area (Å²) in [6, 6.07) is 10.3. The smallest absolute Gasteiger partial charge is 0.0922 e. The maximum absolute atomic E-state index is 5.28. The highest BCUT2D eigenvalue weighted by atomic mass is 16.5. The molecule has 0 atom stereocenters. The van der Waals surface area contributed by atoms with Crippen molar-refractivity contribution in [2.24, 2.45) is 0 Å². The Labute approximate surface area is 80.0 Å². The maximum atomic E-state index is 5.28. The first-order valence-electron chi connectivity index (χ1n) is 4.63. The minimum absolute atomic E-state index is 0.270. The van der Waals surface area contributed by atoms with E-state index in [9.17, 15) is 0 Å². The van der Waals surface area contributed by atoms with E-state index in [4.69, 9.17) is 4.74 Å². The zero-order valence-electron chi connectivity index (χ0n) is 8.23. The van der Waals surface area contributed by atoms with Crippen molar-refractivity contribution in [3.8, 4) is 0 Å². The van der Waals surface area contributed by atoms with Crippen molar-refractivity contribution in [3.63, 3.8) is 0 Å². The van der Waals surface area contributed by atoms with Gasteiger partial charge in [0.2, 0.25) is 0 Å². The van der Waals surface area contributed by atoms with Crippen molar-refractivity contribution < 1.29 is 4.74 Å². The van der Waals surface area contributed by atoms with Gasteiger partial charge in [-0.05, 0) is 31.9 Å². The fraction of sp³-hybridized carbons (Fsp3) is 0.333. The van der Waals surface area contributed by atoms with Crippen LogP contribution >= 0.6 is 0 Å². The van der Waals surface area contributed by atoms with Crippen molar-refractivity contribution in [3.05, 3.63) is 48.2 Å². The van der Waals surface area contributed by atoms with Gasteiger partial charge in [0.15, 0.2) is 0 Å². The molecular formula is C12H16O. The van der Waals surface area contributed by atoms with Crippen molar-refractivity contribution in [1.29, 1.82) is 0 Å². The SMILES string of the molecule is CC(C)OC=CCc1ccccc1. The van der Waals surface area contributed by atoms with Crippen molar-refractivity contribution in [2.45, 2.75) is 26.4 Å². The first-order chi connectivity index (χ1) is 6.29. The molecule has 13 heavy (non-hydrogen) atoms. The molecule has 0 bridgehead atoms. The van der Waals surface area contributed by atoms with E-state index in [0.29, 0.717) is 0 Å². The van der Waals surface area contributed by atoms with Crippen molar-refractivity contribution in [2.75, 3.05) is 0 Å². The highest BCUT2D eigenvalue weighted by molar-refractivity contribution is 5.17. The Bertz CT molecular complexity index is 249. The number of allylic oxidation sites excluding steroid dienone is 1. The molecule has 0 aromatic heterocycles. The molecule has 0 unspecified atom stereocenters. The molecule has 0 aliphatic heterocycles. The molecule has 0 saturated heterocycles. The minimum Gasteiger partial charge on any atom is -0.499 e. The molecule has 0 heterocycles. The maximum Gasteiger partial charge on any atom is 0.0922 e. The molecule has 1 heteroatoms. The van der Waals surface area contributed by atoms with Crippen LogP contribution in [0.25, 0.3) is 0 Å². The van der Waals surface area contributed by atoms with E-state index in [-0.39, 0.29) is 6.10 Å². The van der Waals surface area contributed by atoms with E-state index in [0.717, 1.165) is 6.42 Å². The highest BCUT2D eigenvalue weighted by Gasteiger charge is 1.87. The molecule has 0 fully saturated rings. The summed E-state index contributed by atoms with van der Waals surface area (Å²) < 4.78 is 5.28. The van der Waals surface area contributed by atoms with E-state index in [2.05, 4.69) is 12.1 Å². The van der Waals surface area contributed by atoms with Gasteiger partial charge in [-0.15, -0.1) is 0 Å². The predicted octanol–water partition coefficient (Wildman–Crippen LogP) is 3.17. The summed E-state index contributed by atoms with van der Waals surface area (Å²) in [6.07, 6.45) is 5.02. The molecule has 0 saturated carbocycles. The molecule has 1 aromatic carbocycles. The zero-order chi connectivity index (χ0) is 9.52. The molecule has 0 spiro atoms. The normalized spacial score (nSPS) is 11.0. The van der Waals surface area contributed by atoms with Crippen LogP contribution in [0.3, 0.4) is 0 Å². The van der Waals surface area contributed by atoms with Crippen LogP contribution in [0.5, 0.6) is 0 Å². The average molecular weight is 176 g/mol. The second-order valence-electron chi connectivity index (χ2n) is 3.25. The van der Waals surface area contributed by atoms with Gasteiger partial charge in [-0.2, -0.15) is 0 Å². The van der Waals surface area contributed by atoms with Gasteiger partial charge in [-0.3, -0.25) is 0 Å². The number of ether oxygens (including phenoxy) is 1. The van der Waals surface area contributed by atoms with Crippen LogP contribution in [0, 0.1) is 0 Å². The molecule has 1 aromatic rings. The fourth-order valence-corrected chi connectivity index (χ4v) is 1.01. The van der Waals surface area contributed by atoms with Gasteiger partial charge in [0, 0.05) is 0 Å². The molecule has 0 amide bonds. The second kappa shape index (κ2) is 5.41. The zero-order valence-corrected chi connectivity index (χ0v) is 8.23. The summed E-state index contributed by atoms with van der Waals surface area (Å²) in [4.78, 5) is 0. The summed E-state index contributed by atoms with van der Waals surface area (Å²) in [7, 11) is 0. The molecule has 0 aliphatic rings. The average Bonchev–Trinajstić information content (AvgIpc) is 2.14. The summed E-state index contributed by atoms with van der Waals surface area (Å²) in [5, 5.41) is 0. The van der Waals surface area contributed by atoms with Gasteiger partial charge >= 0.3 is 0 Å². The van der Waals surface area contributed by atoms with Crippen LogP contribution in [0.2, 0.25) is 0 Å². The van der Waals surface area contributed by atoms with E-state index in [1.165, 1.54) is 5.56 Å². The molecule has 70 valence electrons. The summed E-state index contributed by atoms with van der Waals surface area (Å²) in [5.41, 5.74) is 1.31. The standard InChI is InChI=1S/C12H16O/c1-11(2)13-10-6-9-12-7-4-3-5-8-12/h3-8,10-11H,9H2,1-2H3. The summed E-state index contributed by atoms with van der Waals surface area (Å²) in [6.45, 7) is 4.04. The first kappa shape index (κ1) is 9.85. The molecule has 0 aliphatic carbocycles. The molecule has 1 nitrogen and oxygen atoms in total. The van der Waals surface area contributed by atoms with Gasteiger partial charge in [0.1, 0.15) is 0 Å². The van der Waals surface area contributed by atoms with Gasteiger partial charge in [0.25, 0.3) is 0 Å². The van der Waals surface area contributed by atoms with Crippen LogP contribution < -0.4 is 0 Å². The lowest BCUT2D eigenvalue weighted by atomic mass is 10.2. The largest absolute Gasteiger partial charge is 0.499 e. The lowest BCUT2D eigenvalue weighted by Crippen LogP contribution is -1.94. The Morgan fingerprint density at radius 1 is 1.23 bits per heavy atom. The van der Waals surface area contributed by atoms with E-state index in [1.54, 1.807) is 6.26 Å². The van der Waals surface area contributed by atoms with Crippen molar-refractivity contribution in [1.82, 2.24) is 0 Å². The van der Waals surface area contributed by atoms with Gasteiger partial charge in [-0.1, -0.05) is 30.3 Å². The quantitative estimate of drug-likeness (QED) is 0.640. The third-order valence-electron chi connectivity index (χ3n) is 1.64. The molecular weight excluding hydrogens is 160 g/mol. The number of benzene rings is 1. The Morgan fingerprint density at radius 3 is 2.54 bits per heavy atom. The topological polar surface area (TPSA) is 9.23 Å². The van der Waals surface area contributed by atoms with Crippen LogP contribution in [0.15, 0.2) is 42.7 Å². The van der Waals surface area contributed by atoms with Gasteiger partial charge in [0.05, 0.1) is 12.4 Å². The van der Waals surface area contributed by atoms with Crippen LogP contribution in [-0.2, 0) is 11.2 Å². The molecule has 1 rings (SSSR count). The monoisotopic (exact) mass is 176 g/mol. The van der Waals surface area contributed by atoms with E-state index < -0.39 is 0 Å². The lowest BCUT2D eigenvalue weighted by Gasteiger charge is -2.02. The van der Waals surface area contributed by atoms with E-state index in [1.807, 2.05) is 38.1 Å². The lowest BCUT2D eigenvalue weighted by molar-refractivity contribution is 0.179. The molecule has 0 radical (unpaired) electrons. The van der Waals surface area contributed by atoms with Crippen molar-refractivity contribution >= 4 is 0 Å². The Balaban J connectivity index is 2.31. The predicted molar refractivity (Wildman–Crippen MR) is 55.5 cm³/mol. The fourth-order valence-electron chi connectivity index (χ4n) is 1.01. The second-order valence-corrected chi connectivity index (χ2v) is 3.25. The number of rotatable bonds is 4. The summed E-state index contributed by atoms with van der Waals surface area (Å²) >= 11 is 0. The minimum atomic E-state index is 0.270. The first-order valence-corrected chi connectivity index (χ1v) is 4.63. The Morgan fingerprint density at radius 2 is 1.92 bits per heavy atom. The van der Waals surface area contributed by atoms with Gasteiger partial charge < -0.3 is 4.74 Å². The van der Waals surface area contributed by atoms with Crippen LogP contribution in [0.4, 0.5) is 0 Å². The molecule has 0 N–H and O–H groups in total. The third kappa shape index (κ3) is 4.36. The van der Waals surface area contributed by atoms with Crippen LogP contribution in [-0.4, -0.2) is 6.10 Å². The third-order valence-corrected chi connectivity index (χ3v) is 1.64. The van der Waals surface area contributed by atoms with Crippen LogP contribution in [0.1, 0.15) is 19.4 Å². The van der Waals surface area contributed by atoms with Gasteiger partial charge in [-0.25, -0.2) is 0 Å². The van der Waals surface area contributed by atoms with E-state index >= 15 is 0 Å². The summed E-state index contributed by atoms with van der Waals surface area (Å²) in [5.74, 6) is 0. The number of hydrogen-bond donors (Lipinski definition) is 0. The Hall–Kier alpha value is -1.24. The highest BCUT2D eigenvalue weighted by Crippen LogP contribution is 2.00.